The van der Waals surface area contributed by atoms with Crippen molar-refractivity contribution >= 4 is 29.3 Å². The van der Waals surface area contributed by atoms with Crippen molar-refractivity contribution in [2.75, 3.05) is 23.9 Å². The predicted octanol–water partition coefficient (Wildman–Crippen LogP) is 1.74. The van der Waals surface area contributed by atoms with Gasteiger partial charge in [0.1, 0.15) is 0 Å². The van der Waals surface area contributed by atoms with Gasteiger partial charge in [-0.15, -0.1) is 0 Å². The Hall–Kier alpha value is -1.49. The van der Waals surface area contributed by atoms with E-state index in [-0.39, 0.29) is 11.8 Å². The Balaban J connectivity index is 2.04. The molecule has 0 aromatic heterocycles. The van der Waals surface area contributed by atoms with Crippen LogP contribution in [0.4, 0.5) is 5.69 Å². The zero-order valence-corrected chi connectivity index (χ0v) is 10.4. The van der Waals surface area contributed by atoms with Crippen LogP contribution in [-0.4, -0.2) is 30.4 Å². The molecule has 0 fully saturated rings. The molecule has 0 atom stereocenters. The molecule has 1 aromatic carbocycles. The number of hydrogen-bond acceptors (Lipinski definition) is 4. The van der Waals surface area contributed by atoms with Crippen molar-refractivity contribution < 1.29 is 9.59 Å². The Morgan fingerprint density at radius 2 is 2.00 bits per heavy atom. The first-order valence-corrected chi connectivity index (χ1v) is 6.84. The fourth-order valence-electron chi connectivity index (χ4n) is 1.73. The van der Waals surface area contributed by atoms with E-state index in [0.29, 0.717) is 11.1 Å². The van der Waals surface area contributed by atoms with Gasteiger partial charge in [0.15, 0.2) is 0 Å². The maximum atomic E-state index is 11.4. The Labute approximate surface area is 104 Å². The molecule has 0 bridgehead atoms. The van der Waals surface area contributed by atoms with Crippen molar-refractivity contribution in [2.24, 2.45) is 0 Å². The smallest absolute Gasteiger partial charge is 0.259 e. The third-order valence-corrected chi connectivity index (χ3v) is 3.29. The van der Waals surface area contributed by atoms with E-state index in [2.05, 4.69) is 16.9 Å². The summed E-state index contributed by atoms with van der Waals surface area (Å²) in [6.45, 7) is 0.870. The average Bonchev–Trinajstić information content (AvgIpc) is 2.61. The van der Waals surface area contributed by atoms with E-state index in [0.717, 1.165) is 24.4 Å². The topological polar surface area (TPSA) is 58.2 Å². The summed E-state index contributed by atoms with van der Waals surface area (Å²) in [4.78, 5) is 22.8. The molecule has 2 N–H and O–H groups in total. The van der Waals surface area contributed by atoms with Gasteiger partial charge in [-0.1, -0.05) is 0 Å². The molecule has 4 nitrogen and oxygen atoms in total. The van der Waals surface area contributed by atoms with Crippen LogP contribution < -0.4 is 10.6 Å². The molecule has 0 saturated carbocycles. The van der Waals surface area contributed by atoms with E-state index in [1.165, 1.54) is 0 Å². The highest BCUT2D eigenvalue weighted by atomic mass is 32.2. The molecule has 90 valence electrons. The molecule has 2 amide bonds. The lowest BCUT2D eigenvalue weighted by atomic mass is 10.1. The second kappa shape index (κ2) is 5.23. The van der Waals surface area contributed by atoms with Crippen molar-refractivity contribution in [3.63, 3.8) is 0 Å². The van der Waals surface area contributed by atoms with Gasteiger partial charge in [0.2, 0.25) is 0 Å². The number of thioether (sulfide) groups is 1. The van der Waals surface area contributed by atoms with Gasteiger partial charge in [0.05, 0.1) is 11.1 Å². The molecule has 1 heterocycles. The first kappa shape index (κ1) is 12.0. The van der Waals surface area contributed by atoms with Gasteiger partial charge >= 0.3 is 0 Å². The zero-order valence-electron chi connectivity index (χ0n) is 9.58. The SMILES string of the molecule is CSCCCNc1ccc2c(c1)C(=O)NC2=O. The van der Waals surface area contributed by atoms with Crippen molar-refractivity contribution in [3.8, 4) is 0 Å². The molecule has 1 aromatic rings. The summed E-state index contributed by atoms with van der Waals surface area (Å²) in [5.41, 5.74) is 1.81. The molecule has 0 spiro atoms. The van der Waals surface area contributed by atoms with Crippen LogP contribution in [0.15, 0.2) is 18.2 Å². The van der Waals surface area contributed by atoms with Crippen LogP contribution in [0, 0.1) is 0 Å². The normalized spacial score (nSPS) is 13.5. The first-order valence-electron chi connectivity index (χ1n) is 5.45. The molecule has 0 aliphatic carbocycles. The lowest BCUT2D eigenvalue weighted by Gasteiger charge is -2.06. The van der Waals surface area contributed by atoms with Gasteiger partial charge in [-0.25, -0.2) is 0 Å². The number of anilines is 1. The third-order valence-electron chi connectivity index (χ3n) is 2.59. The number of benzene rings is 1. The second-order valence-electron chi connectivity index (χ2n) is 3.82. The number of nitrogens with one attached hydrogen (secondary N) is 2. The van der Waals surface area contributed by atoms with Crippen molar-refractivity contribution in [1.29, 1.82) is 0 Å². The largest absolute Gasteiger partial charge is 0.385 e. The summed E-state index contributed by atoms with van der Waals surface area (Å²) in [7, 11) is 0. The number of carbonyl (C=O) groups is 2. The van der Waals surface area contributed by atoms with Crippen LogP contribution in [0.3, 0.4) is 0 Å². The highest BCUT2D eigenvalue weighted by Crippen LogP contribution is 2.20. The molecular weight excluding hydrogens is 236 g/mol. The molecule has 2 rings (SSSR count). The van der Waals surface area contributed by atoms with Crippen molar-refractivity contribution in [2.45, 2.75) is 6.42 Å². The van der Waals surface area contributed by atoms with E-state index < -0.39 is 0 Å². The fourth-order valence-corrected chi connectivity index (χ4v) is 2.16. The number of imide groups is 1. The van der Waals surface area contributed by atoms with Gasteiger partial charge in [0.25, 0.3) is 11.8 Å². The summed E-state index contributed by atoms with van der Waals surface area (Å²) in [6, 6.07) is 5.25. The minimum absolute atomic E-state index is 0.307. The molecule has 1 aliphatic rings. The maximum Gasteiger partial charge on any atom is 0.259 e. The molecule has 0 saturated heterocycles. The van der Waals surface area contributed by atoms with Crippen LogP contribution in [0.25, 0.3) is 0 Å². The highest BCUT2D eigenvalue weighted by molar-refractivity contribution is 7.98. The predicted molar refractivity (Wildman–Crippen MR) is 69.7 cm³/mol. The zero-order chi connectivity index (χ0) is 12.3. The monoisotopic (exact) mass is 250 g/mol. The lowest BCUT2D eigenvalue weighted by Crippen LogP contribution is -2.19. The highest BCUT2D eigenvalue weighted by Gasteiger charge is 2.26. The van der Waals surface area contributed by atoms with Gasteiger partial charge in [0, 0.05) is 12.2 Å². The standard InChI is InChI=1S/C12H14N2O2S/c1-17-6-2-5-13-8-3-4-9-10(7-8)12(16)14-11(9)15/h3-4,7,13H,2,5-6H2,1H3,(H,14,15,16). The van der Waals surface area contributed by atoms with Crippen LogP contribution in [-0.2, 0) is 0 Å². The summed E-state index contributed by atoms with van der Waals surface area (Å²) >= 11 is 1.81. The number of hydrogen-bond donors (Lipinski definition) is 2. The van der Waals surface area contributed by atoms with E-state index in [1.807, 2.05) is 17.8 Å². The van der Waals surface area contributed by atoms with Crippen molar-refractivity contribution in [1.82, 2.24) is 5.32 Å². The molecule has 1 aliphatic heterocycles. The summed E-state index contributed by atoms with van der Waals surface area (Å²) in [5, 5.41) is 5.52. The van der Waals surface area contributed by atoms with Crippen LogP contribution in [0.1, 0.15) is 27.1 Å². The van der Waals surface area contributed by atoms with E-state index >= 15 is 0 Å². The maximum absolute atomic E-state index is 11.4. The van der Waals surface area contributed by atoms with E-state index in [1.54, 1.807) is 12.1 Å². The van der Waals surface area contributed by atoms with E-state index in [9.17, 15) is 9.59 Å². The third kappa shape index (κ3) is 2.61. The van der Waals surface area contributed by atoms with E-state index in [4.69, 9.17) is 0 Å². The summed E-state index contributed by atoms with van der Waals surface area (Å²) < 4.78 is 0. The molecular formula is C12H14N2O2S. The number of fused-ring (bicyclic) bond motifs is 1. The summed E-state index contributed by atoms with van der Waals surface area (Å²) in [5.74, 6) is 0.494. The molecule has 17 heavy (non-hydrogen) atoms. The van der Waals surface area contributed by atoms with Gasteiger partial charge in [-0.3, -0.25) is 14.9 Å². The van der Waals surface area contributed by atoms with Gasteiger partial charge < -0.3 is 5.32 Å². The number of rotatable bonds is 5. The second-order valence-corrected chi connectivity index (χ2v) is 4.80. The number of amides is 2. The fraction of sp³-hybridized carbons (Fsp3) is 0.333. The van der Waals surface area contributed by atoms with Crippen LogP contribution >= 0.6 is 11.8 Å². The Bertz CT molecular complexity index is 460. The lowest BCUT2D eigenvalue weighted by molar-refractivity contribution is 0.0879. The average molecular weight is 250 g/mol. The van der Waals surface area contributed by atoms with Crippen LogP contribution in [0.5, 0.6) is 0 Å². The Kier molecular flexibility index (Phi) is 3.68. The first-order chi connectivity index (χ1) is 8.22. The van der Waals surface area contributed by atoms with Gasteiger partial charge in [-0.2, -0.15) is 11.8 Å². The minimum Gasteiger partial charge on any atom is -0.385 e. The summed E-state index contributed by atoms with van der Waals surface area (Å²) in [6.07, 6.45) is 3.15. The van der Waals surface area contributed by atoms with Gasteiger partial charge in [-0.05, 0) is 36.6 Å². The molecule has 5 heteroatoms. The Morgan fingerprint density at radius 1 is 1.24 bits per heavy atom. The Morgan fingerprint density at radius 3 is 2.76 bits per heavy atom. The quantitative estimate of drug-likeness (QED) is 0.617. The molecule has 0 unspecified atom stereocenters. The van der Waals surface area contributed by atoms with Crippen LogP contribution in [0.2, 0.25) is 0 Å². The minimum atomic E-state index is -0.308. The van der Waals surface area contributed by atoms with Crippen molar-refractivity contribution in [3.05, 3.63) is 29.3 Å². The number of carbonyl (C=O) groups excluding carboxylic acids is 2. The molecule has 0 radical (unpaired) electrons.